The molecule has 5 heterocycles. The summed E-state index contributed by atoms with van der Waals surface area (Å²) in [4.78, 5) is 45.6. The molecule has 7 rings (SSSR count). The monoisotopic (exact) mass is 519 g/mol. The van der Waals surface area contributed by atoms with E-state index in [4.69, 9.17) is 4.98 Å². The van der Waals surface area contributed by atoms with Crippen molar-refractivity contribution < 1.29 is 14.4 Å². The van der Waals surface area contributed by atoms with Crippen LogP contribution in [0.4, 0.5) is 0 Å². The van der Waals surface area contributed by atoms with Crippen molar-refractivity contribution in [1.29, 1.82) is 0 Å². The molecule has 2 saturated heterocycles. The lowest BCUT2D eigenvalue weighted by Gasteiger charge is -2.41. The smallest absolute Gasteiger partial charge is 0.273 e. The molecule has 196 valence electrons. The van der Waals surface area contributed by atoms with Gasteiger partial charge in [-0.25, -0.2) is 9.99 Å². The summed E-state index contributed by atoms with van der Waals surface area (Å²) >= 11 is 0. The van der Waals surface area contributed by atoms with Crippen molar-refractivity contribution >= 4 is 28.8 Å². The zero-order chi connectivity index (χ0) is 26.7. The quantitative estimate of drug-likeness (QED) is 0.360. The number of rotatable bonds is 5. The summed E-state index contributed by atoms with van der Waals surface area (Å²) in [5.41, 5.74) is 6.56. The molecular formula is C31H29N5O3. The van der Waals surface area contributed by atoms with E-state index in [9.17, 15) is 14.4 Å². The largest absolute Gasteiger partial charge is 0.336 e. The standard InChI is InChI=1S/C31H29N5O3/c1-33-14-12-24-23(18-34-15-13-27(34)20-6-3-2-4-7-20)17-26(32-30(24)33)21-10-11-25-22(16-21)19-35(31(25)39)36-28(37)8-5-9-29(36)38/h2-4,6-7,10-12,14,16-17,27H,5,8-9,13,15,18-19H2,1H3. The third-order valence-corrected chi connectivity index (χ3v) is 8.29. The van der Waals surface area contributed by atoms with Crippen molar-refractivity contribution in [2.75, 3.05) is 6.54 Å². The third kappa shape index (κ3) is 3.94. The summed E-state index contributed by atoms with van der Waals surface area (Å²) in [7, 11) is 2.01. The topological polar surface area (TPSA) is 78.8 Å². The predicted octanol–water partition coefficient (Wildman–Crippen LogP) is 4.60. The van der Waals surface area contributed by atoms with Gasteiger partial charge in [-0.05, 0) is 53.8 Å². The first kappa shape index (κ1) is 23.8. The fourth-order valence-corrected chi connectivity index (χ4v) is 6.12. The Kier molecular flexibility index (Phi) is 5.59. The van der Waals surface area contributed by atoms with Crippen LogP contribution in [0.5, 0.6) is 0 Å². The van der Waals surface area contributed by atoms with Crippen LogP contribution >= 0.6 is 0 Å². The lowest BCUT2D eigenvalue weighted by Crippen LogP contribution is -2.51. The third-order valence-electron chi connectivity index (χ3n) is 8.29. The van der Waals surface area contributed by atoms with E-state index in [0.717, 1.165) is 52.4 Å². The molecule has 3 amide bonds. The molecule has 0 N–H and O–H groups in total. The molecule has 3 aliphatic rings. The second-order valence-corrected chi connectivity index (χ2v) is 10.7. The van der Waals surface area contributed by atoms with Crippen molar-refractivity contribution in [2.24, 2.45) is 7.05 Å². The van der Waals surface area contributed by atoms with Gasteiger partial charge in [0.05, 0.1) is 12.2 Å². The number of carbonyl (C=O) groups is 3. The molecule has 8 heteroatoms. The van der Waals surface area contributed by atoms with Crippen molar-refractivity contribution in [3.05, 3.63) is 89.1 Å². The number of aryl methyl sites for hydroxylation is 1. The van der Waals surface area contributed by atoms with Crippen molar-refractivity contribution in [3.63, 3.8) is 0 Å². The lowest BCUT2D eigenvalue weighted by molar-refractivity contribution is -0.163. The molecule has 0 bridgehead atoms. The normalized spacial score (nSPS) is 19.6. The van der Waals surface area contributed by atoms with Gasteiger partial charge in [-0.1, -0.05) is 36.4 Å². The highest BCUT2D eigenvalue weighted by Crippen LogP contribution is 2.37. The number of likely N-dealkylation sites (tertiary alicyclic amines) is 1. The molecule has 2 aromatic carbocycles. The minimum atomic E-state index is -0.312. The van der Waals surface area contributed by atoms with Crippen molar-refractivity contribution in [1.82, 2.24) is 24.5 Å². The van der Waals surface area contributed by atoms with Crippen LogP contribution in [-0.4, -0.2) is 48.7 Å². The first-order valence-corrected chi connectivity index (χ1v) is 13.5. The molecule has 0 radical (unpaired) electrons. The second kappa shape index (κ2) is 9.17. The number of piperidine rings is 1. The molecule has 8 nitrogen and oxygen atoms in total. The average molecular weight is 520 g/mol. The molecule has 3 aliphatic heterocycles. The Hall–Kier alpha value is -4.30. The fraction of sp³-hybridized carbons (Fsp3) is 0.290. The molecule has 1 atom stereocenters. The number of aromatic nitrogens is 2. The summed E-state index contributed by atoms with van der Waals surface area (Å²) in [5.74, 6) is -0.933. The number of hydrogen-bond donors (Lipinski definition) is 0. The number of hydrazine groups is 1. The number of pyridine rings is 1. The Bertz CT molecular complexity index is 1630. The maximum Gasteiger partial charge on any atom is 0.273 e. The molecule has 0 spiro atoms. The Labute approximate surface area is 226 Å². The van der Waals surface area contributed by atoms with E-state index in [1.807, 2.05) is 29.9 Å². The van der Waals surface area contributed by atoms with E-state index in [2.05, 4.69) is 47.4 Å². The van der Waals surface area contributed by atoms with Crippen LogP contribution in [0.1, 0.15) is 58.8 Å². The molecule has 4 aromatic rings. The average Bonchev–Trinajstić information content (AvgIpc) is 3.46. The van der Waals surface area contributed by atoms with Crippen LogP contribution in [0.25, 0.3) is 22.3 Å². The number of fused-ring (bicyclic) bond motifs is 2. The van der Waals surface area contributed by atoms with Crippen LogP contribution in [-0.2, 0) is 29.7 Å². The van der Waals surface area contributed by atoms with Crippen LogP contribution in [0.15, 0.2) is 66.9 Å². The van der Waals surface area contributed by atoms with E-state index < -0.39 is 0 Å². The van der Waals surface area contributed by atoms with E-state index in [-0.39, 0.29) is 37.1 Å². The van der Waals surface area contributed by atoms with Gasteiger partial charge < -0.3 is 4.57 Å². The van der Waals surface area contributed by atoms with Gasteiger partial charge in [-0.2, -0.15) is 5.01 Å². The number of imide groups is 1. The molecule has 2 aromatic heterocycles. The zero-order valence-corrected chi connectivity index (χ0v) is 21.8. The molecule has 1 unspecified atom stereocenters. The number of carbonyl (C=O) groups excluding carboxylic acids is 3. The van der Waals surface area contributed by atoms with Gasteiger partial charge >= 0.3 is 0 Å². The summed E-state index contributed by atoms with van der Waals surface area (Å²) in [6.07, 6.45) is 4.29. The van der Waals surface area contributed by atoms with Gasteiger partial charge in [0.25, 0.3) is 5.91 Å². The minimum Gasteiger partial charge on any atom is -0.336 e. The Morgan fingerprint density at radius 3 is 2.49 bits per heavy atom. The summed E-state index contributed by atoms with van der Waals surface area (Å²) < 4.78 is 2.04. The van der Waals surface area contributed by atoms with Crippen LogP contribution in [0.3, 0.4) is 0 Å². The molecular weight excluding hydrogens is 490 g/mol. The van der Waals surface area contributed by atoms with Gasteiger partial charge in [0.2, 0.25) is 11.8 Å². The first-order valence-electron chi connectivity index (χ1n) is 13.5. The number of hydrogen-bond acceptors (Lipinski definition) is 5. The highest BCUT2D eigenvalue weighted by atomic mass is 16.2. The lowest BCUT2D eigenvalue weighted by atomic mass is 9.93. The number of amides is 3. The second-order valence-electron chi connectivity index (χ2n) is 10.7. The van der Waals surface area contributed by atoms with Crippen LogP contribution in [0, 0.1) is 0 Å². The molecule has 39 heavy (non-hydrogen) atoms. The summed E-state index contributed by atoms with van der Waals surface area (Å²) in [6, 6.07) is 21.1. The summed E-state index contributed by atoms with van der Waals surface area (Å²) in [5, 5.41) is 3.49. The zero-order valence-electron chi connectivity index (χ0n) is 21.8. The van der Waals surface area contributed by atoms with E-state index >= 15 is 0 Å². The highest BCUT2D eigenvalue weighted by molar-refractivity contribution is 6.04. The highest BCUT2D eigenvalue weighted by Gasteiger charge is 2.39. The van der Waals surface area contributed by atoms with Gasteiger partial charge in [0, 0.05) is 61.7 Å². The van der Waals surface area contributed by atoms with Crippen molar-refractivity contribution in [3.8, 4) is 11.3 Å². The number of benzene rings is 2. The van der Waals surface area contributed by atoms with Crippen molar-refractivity contribution in [2.45, 2.75) is 44.8 Å². The fourth-order valence-electron chi connectivity index (χ4n) is 6.12. The summed E-state index contributed by atoms with van der Waals surface area (Å²) in [6.45, 7) is 2.08. The van der Waals surface area contributed by atoms with Crippen LogP contribution < -0.4 is 0 Å². The maximum absolute atomic E-state index is 13.1. The number of nitrogens with zero attached hydrogens (tertiary/aromatic N) is 5. The van der Waals surface area contributed by atoms with Crippen LogP contribution in [0.2, 0.25) is 0 Å². The van der Waals surface area contributed by atoms with E-state index in [1.54, 1.807) is 6.07 Å². The SMILES string of the molecule is Cn1ccc2c(CN3CCC3c3ccccc3)cc(-c3ccc4c(c3)CN(N3C(=O)CCCC3=O)C4=O)nc21. The maximum atomic E-state index is 13.1. The first-order chi connectivity index (χ1) is 19.0. The van der Waals surface area contributed by atoms with Gasteiger partial charge in [-0.15, -0.1) is 0 Å². The Morgan fingerprint density at radius 2 is 1.74 bits per heavy atom. The Morgan fingerprint density at radius 1 is 0.949 bits per heavy atom. The van der Waals surface area contributed by atoms with Gasteiger partial charge in [-0.3, -0.25) is 19.3 Å². The minimum absolute atomic E-state index is 0.200. The van der Waals surface area contributed by atoms with Gasteiger partial charge in [0.15, 0.2) is 0 Å². The van der Waals surface area contributed by atoms with Gasteiger partial charge in [0.1, 0.15) is 5.65 Å². The molecule has 2 fully saturated rings. The molecule has 0 saturated carbocycles. The Balaban J connectivity index is 1.21. The predicted molar refractivity (Wildman–Crippen MR) is 146 cm³/mol. The van der Waals surface area contributed by atoms with E-state index in [1.165, 1.54) is 16.1 Å². The molecule has 0 aliphatic carbocycles. The van der Waals surface area contributed by atoms with E-state index in [0.29, 0.717) is 18.0 Å².